The molecule has 1 aliphatic heterocycles. The number of halogens is 1. The summed E-state index contributed by atoms with van der Waals surface area (Å²) in [5, 5.41) is 15.7. The van der Waals surface area contributed by atoms with Crippen molar-refractivity contribution < 1.29 is 41.8 Å². The topological polar surface area (TPSA) is 171 Å². The van der Waals surface area contributed by atoms with Crippen LogP contribution in [-0.4, -0.2) is 89.5 Å². The lowest BCUT2D eigenvalue weighted by Gasteiger charge is -2.33. The summed E-state index contributed by atoms with van der Waals surface area (Å²) in [5.41, 5.74) is -2.33. The van der Waals surface area contributed by atoms with Crippen LogP contribution in [0.5, 0.6) is 0 Å². The number of ether oxygens (including phenoxy) is 1. The van der Waals surface area contributed by atoms with Crippen LogP contribution in [0.1, 0.15) is 86.0 Å². The maximum Gasteiger partial charge on any atom is 0.408 e. The number of sulfonamides is 1. The van der Waals surface area contributed by atoms with Gasteiger partial charge in [0.1, 0.15) is 34.6 Å². The normalized spacial score (nSPS) is 24.2. The molecule has 3 rings (SSSR count). The molecule has 5 atom stereocenters. The number of likely N-dealkylation sites (tertiary alicyclic amines) is 1. The number of alkyl carbamates (subject to hydrolysis) is 1. The Bertz CT molecular complexity index is 1200. The van der Waals surface area contributed by atoms with Crippen molar-refractivity contribution >= 4 is 33.8 Å². The summed E-state index contributed by atoms with van der Waals surface area (Å²) >= 11 is 0. The summed E-state index contributed by atoms with van der Waals surface area (Å²) in [5.74, 6) is -2.43. The second-order valence-electron chi connectivity index (χ2n) is 13.5. The predicted octanol–water partition coefficient (Wildman–Crippen LogP) is 2.07. The number of nitrogens with zero attached hydrogens (tertiary/aromatic N) is 1. The Kier molecular flexibility index (Phi) is 10.6. The van der Waals surface area contributed by atoms with E-state index in [1.807, 2.05) is 24.6 Å². The van der Waals surface area contributed by atoms with E-state index in [0.29, 0.717) is 6.42 Å². The maximum atomic E-state index is 14.0. The van der Waals surface area contributed by atoms with E-state index in [0.717, 1.165) is 12.8 Å². The van der Waals surface area contributed by atoms with Gasteiger partial charge in [-0.25, -0.2) is 17.6 Å². The van der Waals surface area contributed by atoms with Crippen LogP contribution in [0.2, 0.25) is 0 Å². The van der Waals surface area contributed by atoms with Crippen LogP contribution in [0.15, 0.2) is 12.7 Å². The highest BCUT2D eigenvalue weighted by molar-refractivity contribution is 7.91. The number of hydrogen-bond acceptors (Lipinski definition) is 8. The van der Waals surface area contributed by atoms with Crippen molar-refractivity contribution in [3.8, 4) is 0 Å². The molecule has 4 amide bonds. The summed E-state index contributed by atoms with van der Waals surface area (Å²) in [6, 6.07) is -2.24. The molecule has 14 heteroatoms. The highest BCUT2D eigenvalue weighted by atomic mass is 32.2. The van der Waals surface area contributed by atoms with Gasteiger partial charge in [-0.05, 0) is 77.6 Å². The van der Waals surface area contributed by atoms with Crippen molar-refractivity contribution in [3.63, 3.8) is 0 Å². The zero-order valence-corrected chi connectivity index (χ0v) is 26.6. The number of rotatable bonds is 14. The molecule has 1 saturated heterocycles. The van der Waals surface area contributed by atoms with Gasteiger partial charge in [-0.3, -0.25) is 19.1 Å². The van der Waals surface area contributed by atoms with Gasteiger partial charge in [0.15, 0.2) is 0 Å². The molecule has 0 aromatic carbocycles. The van der Waals surface area contributed by atoms with Gasteiger partial charge in [-0.2, -0.15) is 0 Å². The fourth-order valence-corrected chi connectivity index (χ4v) is 6.89. The molecule has 0 aromatic rings. The van der Waals surface area contributed by atoms with Crippen LogP contribution in [0, 0.1) is 11.8 Å². The number of hydrogen-bond donors (Lipinski definition) is 4. The quantitative estimate of drug-likeness (QED) is 0.211. The largest absolute Gasteiger partial charge is 0.444 e. The van der Waals surface area contributed by atoms with Gasteiger partial charge in [0.05, 0.1) is 6.10 Å². The summed E-state index contributed by atoms with van der Waals surface area (Å²) in [6.45, 7) is 11.4. The molecular formula is C29H47FN4O8S. The highest BCUT2D eigenvalue weighted by Gasteiger charge is 2.59. The lowest BCUT2D eigenvalue weighted by molar-refractivity contribution is -0.142. The van der Waals surface area contributed by atoms with Gasteiger partial charge in [0.25, 0.3) is 5.91 Å². The number of allylic oxidation sites excluding steroid dienone is 1. The fourth-order valence-electron chi connectivity index (χ4n) is 5.45. The zero-order valence-electron chi connectivity index (χ0n) is 25.8. The van der Waals surface area contributed by atoms with Gasteiger partial charge in [-0.1, -0.05) is 19.9 Å². The SMILES string of the molecule is C=CCC[C@@H](C)C[C@@H](C)[C@H](NC(=O)OC(C)(C)C)C(=O)N1C[C@H](O)C[C@H]1C(=O)NC1(C(=O)NS(=O)(=O)C2(CF)CC2)CC1. The summed E-state index contributed by atoms with van der Waals surface area (Å²) in [4.78, 5) is 54.3. The van der Waals surface area contributed by atoms with E-state index in [1.54, 1.807) is 20.8 Å². The van der Waals surface area contributed by atoms with Crippen molar-refractivity contribution in [1.82, 2.24) is 20.3 Å². The molecule has 3 aliphatic rings. The molecule has 244 valence electrons. The first-order chi connectivity index (χ1) is 19.9. The van der Waals surface area contributed by atoms with E-state index in [2.05, 4.69) is 17.2 Å². The molecule has 4 N–H and O–H groups in total. The predicted molar refractivity (Wildman–Crippen MR) is 157 cm³/mol. The third kappa shape index (κ3) is 8.46. The third-order valence-corrected chi connectivity index (χ3v) is 10.5. The van der Waals surface area contributed by atoms with E-state index in [-0.39, 0.29) is 50.5 Å². The van der Waals surface area contributed by atoms with Gasteiger partial charge >= 0.3 is 6.09 Å². The third-order valence-electron chi connectivity index (χ3n) is 8.41. The Morgan fingerprint density at radius 1 is 1.16 bits per heavy atom. The van der Waals surface area contributed by atoms with E-state index < -0.39 is 74.6 Å². The number of aliphatic hydroxyl groups is 1. The first-order valence-electron chi connectivity index (χ1n) is 14.9. The zero-order chi connectivity index (χ0) is 32.4. The van der Waals surface area contributed by atoms with E-state index >= 15 is 0 Å². The van der Waals surface area contributed by atoms with Crippen molar-refractivity contribution in [2.45, 2.75) is 120 Å². The molecule has 3 fully saturated rings. The average molecular weight is 631 g/mol. The monoisotopic (exact) mass is 630 g/mol. The minimum Gasteiger partial charge on any atom is -0.444 e. The number of nitrogens with one attached hydrogen (secondary N) is 3. The van der Waals surface area contributed by atoms with Crippen LogP contribution in [0.3, 0.4) is 0 Å². The highest BCUT2D eigenvalue weighted by Crippen LogP contribution is 2.44. The molecule has 2 aliphatic carbocycles. The molecular weight excluding hydrogens is 583 g/mol. The van der Waals surface area contributed by atoms with E-state index in [1.165, 1.54) is 4.90 Å². The van der Waals surface area contributed by atoms with Crippen LogP contribution in [0.4, 0.5) is 9.18 Å². The lowest BCUT2D eigenvalue weighted by atomic mass is 9.88. The minimum absolute atomic E-state index is 0.104. The molecule has 12 nitrogen and oxygen atoms in total. The number of β-amino-alcohol motifs (C(OH)–C–C–N with tert-alkyl or cyclic N) is 1. The number of aliphatic hydroxyl groups excluding tert-OH is 1. The second kappa shape index (κ2) is 13.1. The van der Waals surface area contributed by atoms with Crippen molar-refractivity contribution in [1.29, 1.82) is 0 Å². The maximum absolute atomic E-state index is 14.0. The standard InChI is InChI=1S/C29H47FN4O8S/c1-7-8-9-18(2)14-19(3)22(31-26(39)42-27(4,5)6)24(37)34-16-20(35)15-21(34)23(36)32-29(12-13-29)25(38)33-43(40,41)28(17-30)10-11-28/h7,18-22,35H,1,8-17H2,2-6H3,(H,31,39)(H,32,36)(H,33,38)/t18-,19-,20-,21+,22+/m1/s1. The van der Waals surface area contributed by atoms with Gasteiger partial charge in [-0.15, -0.1) is 6.58 Å². The average Bonchev–Trinajstić information content (AvgIpc) is 3.82. The smallest absolute Gasteiger partial charge is 0.408 e. The van der Waals surface area contributed by atoms with E-state index in [9.17, 15) is 37.1 Å². The molecule has 0 radical (unpaired) electrons. The first kappa shape index (κ1) is 34.7. The summed E-state index contributed by atoms with van der Waals surface area (Å²) < 4.78 is 44.3. The Balaban J connectivity index is 1.76. The van der Waals surface area contributed by atoms with Gasteiger partial charge < -0.3 is 25.4 Å². The van der Waals surface area contributed by atoms with Crippen LogP contribution in [0.25, 0.3) is 0 Å². The first-order valence-corrected chi connectivity index (χ1v) is 16.4. The number of carbonyl (C=O) groups is 4. The van der Waals surface area contributed by atoms with Crippen molar-refractivity contribution in [3.05, 3.63) is 12.7 Å². The Labute approximate surface area is 253 Å². The van der Waals surface area contributed by atoms with Crippen molar-refractivity contribution in [2.75, 3.05) is 13.2 Å². The van der Waals surface area contributed by atoms with Crippen LogP contribution in [-0.2, 0) is 29.1 Å². The lowest BCUT2D eigenvalue weighted by Crippen LogP contribution is -2.59. The molecule has 1 heterocycles. The molecule has 43 heavy (non-hydrogen) atoms. The van der Waals surface area contributed by atoms with Crippen molar-refractivity contribution in [2.24, 2.45) is 11.8 Å². The van der Waals surface area contributed by atoms with Crippen LogP contribution >= 0.6 is 0 Å². The minimum atomic E-state index is -4.28. The van der Waals surface area contributed by atoms with E-state index in [4.69, 9.17) is 4.74 Å². The number of alkyl halides is 1. The number of carbonyl (C=O) groups excluding carboxylic acids is 4. The summed E-state index contributed by atoms with van der Waals surface area (Å²) in [7, 11) is -4.28. The molecule has 0 bridgehead atoms. The van der Waals surface area contributed by atoms with Gasteiger partial charge in [0.2, 0.25) is 21.8 Å². The second-order valence-corrected chi connectivity index (χ2v) is 15.6. The Hall–Kier alpha value is -2.74. The van der Waals surface area contributed by atoms with Gasteiger partial charge in [0, 0.05) is 13.0 Å². The molecule has 2 saturated carbocycles. The molecule has 0 spiro atoms. The molecule has 0 unspecified atom stereocenters. The molecule has 0 aromatic heterocycles. The van der Waals surface area contributed by atoms with Crippen LogP contribution < -0.4 is 15.4 Å². The fraction of sp³-hybridized carbons (Fsp3) is 0.793. The summed E-state index contributed by atoms with van der Waals surface area (Å²) in [6.07, 6.45) is 2.60. The Morgan fingerprint density at radius 2 is 1.79 bits per heavy atom. The Morgan fingerprint density at radius 3 is 2.30 bits per heavy atom. The number of amides is 4.